The molecule has 1 aromatic rings. The van der Waals surface area contributed by atoms with Gasteiger partial charge in [-0.05, 0) is 12.8 Å². The molecule has 1 fully saturated rings. The summed E-state index contributed by atoms with van der Waals surface area (Å²) in [5.41, 5.74) is 5.01. The predicted molar refractivity (Wildman–Crippen MR) is 53.3 cm³/mol. The van der Waals surface area contributed by atoms with Crippen molar-refractivity contribution in [3.63, 3.8) is 0 Å². The highest BCUT2D eigenvalue weighted by atomic mass is 16.5. The lowest BCUT2D eigenvalue weighted by Gasteiger charge is -2.30. The van der Waals surface area contributed by atoms with E-state index >= 15 is 0 Å². The van der Waals surface area contributed by atoms with Crippen molar-refractivity contribution in [2.24, 2.45) is 0 Å². The molecule has 15 heavy (non-hydrogen) atoms. The van der Waals surface area contributed by atoms with Gasteiger partial charge < -0.3 is 15.4 Å². The molecule has 0 atom stereocenters. The normalized spacial score (nSPS) is 20.0. The molecule has 0 aliphatic heterocycles. The summed E-state index contributed by atoms with van der Waals surface area (Å²) in [7, 11) is 0. The zero-order valence-electron chi connectivity index (χ0n) is 8.40. The number of aliphatic carboxylic acids is 1. The van der Waals surface area contributed by atoms with Crippen molar-refractivity contribution in [3.8, 4) is 0 Å². The van der Waals surface area contributed by atoms with Crippen LogP contribution in [0.15, 0.2) is 10.6 Å². The number of aromatic nitrogens is 1. The monoisotopic (exact) mass is 210 g/mol. The first-order chi connectivity index (χ1) is 7.15. The van der Waals surface area contributed by atoms with Crippen molar-refractivity contribution >= 4 is 11.9 Å². The SMILES string of the molecule is Nc1cc(C2(C(=O)O)CCCCC2)no1. The van der Waals surface area contributed by atoms with Gasteiger partial charge in [0, 0.05) is 6.07 Å². The smallest absolute Gasteiger partial charge is 0.315 e. The van der Waals surface area contributed by atoms with Crippen LogP contribution in [0.3, 0.4) is 0 Å². The van der Waals surface area contributed by atoms with Crippen molar-refractivity contribution in [1.82, 2.24) is 5.16 Å². The highest BCUT2D eigenvalue weighted by molar-refractivity contribution is 5.81. The van der Waals surface area contributed by atoms with Gasteiger partial charge in [-0.2, -0.15) is 0 Å². The molecular weight excluding hydrogens is 196 g/mol. The van der Waals surface area contributed by atoms with Crippen molar-refractivity contribution in [2.45, 2.75) is 37.5 Å². The molecule has 1 heterocycles. The molecule has 0 radical (unpaired) electrons. The van der Waals surface area contributed by atoms with Crippen molar-refractivity contribution in [2.75, 3.05) is 5.73 Å². The third-order valence-corrected chi connectivity index (χ3v) is 3.14. The van der Waals surface area contributed by atoms with E-state index in [0.717, 1.165) is 19.3 Å². The average molecular weight is 210 g/mol. The van der Waals surface area contributed by atoms with E-state index < -0.39 is 11.4 Å². The number of anilines is 1. The molecule has 5 nitrogen and oxygen atoms in total. The number of carboxylic acids is 1. The number of hydrogen-bond donors (Lipinski definition) is 2. The summed E-state index contributed by atoms with van der Waals surface area (Å²) in [5, 5.41) is 13.1. The third-order valence-electron chi connectivity index (χ3n) is 3.14. The fraction of sp³-hybridized carbons (Fsp3) is 0.600. The quantitative estimate of drug-likeness (QED) is 0.772. The zero-order chi connectivity index (χ0) is 10.9. The summed E-state index contributed by atoms with van der Waals surface area (Å²) < 4.78 is 4.76. The van der Waals surface area contributed by atoms with E-state index in [1.807, 2.05) is 0 Å². The van der Waals surface area contributed by atoms with Crippen LogP contribution in [0.1, 0.15) is 37.8 Å². The highest BCUT2D eigenvalue weighted by Crippen LogP contribution is 2.39. The maximum Gasteiger partial charge on any atom is 0.315 e. The number of hydrogen-bond acceptors (Lipinski definition) is 4. The van der Waals surface area contributed by atoms with Gasteiger partial charge in [0.05, 0.1) is 0 Å². The van der Waals surface area contributed by atoms with Crippen LogP contribution in [0.5, 0.6) is 0 Å². The van der Waals surface area contributed by atoms with Crippen molar-refractivity contribution < 1.29 is 14.4 Å². The standard InChI is InChI=1S/C10H14N2O3/c11-8-6-7(12-15-8)10(9(13)14)4-2-1-3-5-10/h6H,1-5,11H2,(H,13,14). The van der Waals surface area contributed by atoms with Gasteiger partial charge in [0.25, 0.3) is 0 Å². The number of nitrogens with two attached hydrogens (primary N) is 1. The molecule has 1 aliphatic rings. The lowest BCUT2D eigenvalue weighted by molar-refractivity contribution is -0.145. The lowest BCUT2D eigenvalue weighted by Crippen LogP contribution is -2.38. The molecule has 0 unspecified atom stereocenters. The van der Waals surface area contributed by atoms with Crippen molar-refractivity contribution in [1.29, 1.82) is 0 Å². The molecule has 0 amide bonds. The topological polar surface area (TPSA) is 89.4 Å². The van der Waals surface area contributed by atoms with Gasteiger partial charge in [-0.25, -0.2) is 0 Å². The van der Waals surface area contributed by atoms with E-state index in [-0.39, 0.29) is 5.88 Å². The molecular formula is C10H14N2O3. The van der Waals surface area contributed by atoms with Gasteiger partial charge >= 0.3 is 5.97 Å². The minimum absolute atomic E-state index is 0.177. The third kappa shape index (κ3) is 1.58. The number of nitrogen functional groups attached to an aromatic ring is 1. The minimum Gasteiger partial charge on any atom is -0.481 e. The van der Waals surface area contributed by atoms with Gasteiger partial charge in [-0.3, -0.25) is 4.79 Å². The summed E-state index contributed by atoms with van der Waals surface area (Å²) in [6, 6.07) is 1.53. The summed E-state index contributed by atoms with van der Waals surface area (Å²) >= 11 is 0. The van der Waals surface area contributed by atoms with Gasteiger partial charge in [0.15, 0.2) is 0 Å². The van der Waals surface area contributed by atoms with Crippen molar-refractivity contribution in [3.05, 3.63) is 11.8 Å². The second-order valence-electron chi connectivity index (χ2n) is 4.06. The Kier molecular flexibility index (Phi) is 2.38. The van der Waals surface area contributed by atoms with E-state index in [1.54, 1.807) is 0 Å². The number of rotatable bonds is 2. The Bertz CT molecular complexity index is 366. The Labute approximate surface area is 87.2 Å². The molecule has 0 spiro atoms. The summed E-state index contributed by atoms with van der Waals surface area (Å²) in [6.07, 6.45) is 4.16. The van der Waals surface area contributed by atoms with Crippen LogP contribution in [0.25, 0.3) is 0 Å². The van der Waals surface area contributed by atoms with Crippen LogP contribution in [-0.4, -0.2) is 16.2 Å². The summed E-state index contributed by atoms with van der Waals surface area (Å²) in [5.74, 6) is -0.647. The van der Waals surface area contributed by atoms with E-state index in [4.69, 9.17) is 10.3 Å². The van der Waals surface area contributed by atoms with Gasteiger partial charge in [-0.15, -0.1) is 0 Å². The van der Waals surface area contributed by atoms with Crippen LogP contribution >= 0.6 is 0 Å². The largest absolute Gasteiger partial charge is 0.481 e. The van der Waals surface area contributed by atoms with E-state index in [0.29, 0.717) is 18.5 Å². The second-order valence-corrected chi connectivity index (χ2v) is 4.06. The Morgan fingerprint density at radius 1 is 1.47 bits per heavy atom. The molecule has 3 N–H and O–H groups in total. The fourth-order valence-corrected chi connectivity index (χ4v) is 2.25. The lowest BCUT2D eigenvalue weighted by atomic mass is 9.72. The van der Waals surface area contributed by atoms with E-state index in [1.165, 1.54) is 6.07 Å². The van der Waals surface area contributed by atoms with Gasteiger partial charge in [0.1, 0.15) is 11.1 Å². The Balaban J connectivity index is 2.37. The Hall–Kier alpha value is -1.52. The second kappa shape index (κ2) is 3.56. The first kappa shape index (κ1) is 10.0. The van der Waals surface area contributed by atoms with Crippen LogP contribution < -0.4 is 5.73 Å². The molecule has 0 aromatic carbocycles. The molecule has 1 aromatic heterocycles. The molecule has 0 saturated heterocycles. The first-order valence-corrected chi connectivity index (χ1v) is 5.11. The Morgan fingerprint density at radius 2 is 2.13 bits per heavy atom. The van der Waals surface area contributed by atoms with E-state index in [9.17, 15) is 9.90 Å². The number of carbonyl (C=O) groups is 1. The molecule has 2 rings (SSSR count). The minimum atomic E-state index is -0.876. The number of nitrogens with zero attached hydrogens (tertiary/aromatic N) is 1. The first-order valence-electron chi connectivity index (χ1n) is 5.11. The molecule has 0 bridgehead atoms. The molecule has 5 heteroatoms. The van der Waals surface area contributed by atoms with Crippen LogP contribution in [0.4, 0.5) is 5.88 Å². The maximum absolute atomic E-state index is 11.4. The Morgan fingerprint density at radius 3 is 2.60 bits per heavy atom. The molecule has 82 valence electrons. The zero-order valence-corrected chi connectivity index (χ0v) is 8.40. The van der Waals surface area contributed by atoms with Gasteiger partial charge in [-0.1, -0.05) is 24.4 Å². The van der Waals surface area contributed by atoms with Gasteiger partial charge in [0.2, 0.25) is 5.88 Å². The predicted octanol–water partition coefficient (Wildman–Crippen LogP) is 1.54. The van der Waals surface area contributed by atoms with Crippen LogP contribution in [0, 0.1) is 0 Å². The fourth-order valence-electron chi connectivity index (χ4n) is 2.25. The highest BCUT2D eigenvalue weighted by Gasteiger charge is 2.43. The average Bonchev–Trinajstić information content (AvgIpc) is 2.66. The summed E-state index contributed by atoms with van der Waals surface area (Å²) in [4.78, 5) is 11.4. The summed E-state index contributed by atoms with van der Waals surface area (Å²) in [6.45, 7) is 0. The molecule has 1 aliphatic carbocycles. The maximum atomic E-state index is 11.4. The number of carboxylic acid groups (broad SMARTS) is 1. The molecule has 1 saturated carbocycles. The van der Waals surface area contributed by atoms with E-state index in [2.05, 4.69) is 5.16 Å². The van der Waals surface area contributed by atoms with Crippen LogP contribution in [0.2, 0.25) is 0 Å². The van der Waals surface area contributed by atoms with Crippen LogP contribution in [-0.2, 0) is 10.2 Å².